The van der Waals surface area contributed by atoms with Gasteiger partial charge < -0.3 is 15.5 Å². The first-order chi connectivity index (χ1) is 6.47. The number of nitrogens with one attached hydrogen (secondary N) is 2. The molecule has 0 aliphatic heterocycles. The van der Waals surface area contributed by atoms with Crippen molar-refractivity contribution >= 4 is 11.8 Å². The van der Waals surface area contributed by atoms with Crippen molar-refractivity contribution in [2.45, 2.75) is 19.9 Å². The van der Waals surface area contributed by atoms with Crippen LogP contribution in [-0.2, 0) is 9.59 Å². The van der Waals surface area contributed by atoms with Crippen LogP contribution in [0.15, 0.2) is 0 Å². The van der Waals surface area contributed by atoms with Crippen LogP contribution in [0.5, 0.6) is 0 Å². The highest BCUT2D eigenvalue weighted by Crippen LogP contribution is 1.85. The van der Waals surface area contributed by atoms with Crippen LogP contribution >= 0.6 is 0 Å². The summed E-state index contributed by atoms with van der Waals surface area (Å²) in [5.74, 6) is -0.243. The third kappa shape index (κ3) is 5.53. The van der Waals surface area contributed by atoms with Gasteiger partial charge in [-0.2, -0.15) is 0 Å². The quantitative estimate of drug-likeness (QED) is 0.611. The number of likely N-dealkylation sites (N-methyl/N-ethyl adjacent to an activating group) is 2. The Labute approximate surface area is 84.8 Å². The molecule has 14 heavy (non-hydrogen) atoms. The molecule has 2 N–H and O–H groups in total. The number of amides is 2. The van der Waals surface area contributed by atoms with Crippen molar-refractivity contribution < 1.29 is 9.59 Å². The minimum Gasteiger partial charge on any atom is -0.358 e. The molecule has 0 aliphatic carbocycles. The maximum absolute atomic E-state index is 11.4. The SMILES string of the molecule is CNC(=O)CN(C)C(=O)CNC(C)C. The van der Waals surface area contributed by atoms with Gasteiger partial charge in [0.1, 0.15) is 0 Å². The van der Waals surface area contributed by atoms with Gasteiger partial charge in [-0.05, 0) is 0 Å². The summed E-state index contributed by atoms with van der Waals surface area (Å²) in [6, 6.07) is 0.271. The van der Waals surface area contributed by atoms with Crippen LogP contribution < -0.4 is 10.6 Å². The second-order valence-electron chi connectivity index (χ2n) is 3.46. The first-order valence-electron chi connectivity index (χ1n) is 4.65. The molecule has 0 aliphatic rings. The van der Waals surface area contributed by atoms with Crippen LogP contribution in [0, 0.1) is 0 Å². The van der Waals surface area contributed by atoms with Crippen molar-refractivity contribution in [3.05, 3.63) is 0 Å². The van der Waals surface area contributed by atoms with E-state index in [-0.39, 0.29) is 30.9 Å². The lowest BCUT2D eigenvalue weighted by molar-refractivity contribution is -0.133. The molecule has 0 saturated heterocycles. The lowest BCUT2D eigenvalue weighted by atomic mass is 10.4. The number of carbonyl (C=O) groups is 2. The predicted molar refractivity (Wildman–Crippen MR) is 54.8 cm³/mol. The number of nitrogens with zero attached hydrogens (tertiary/aromatic N) is 1. The zero-order valence-electron chi connectivity index (χ0n) is 9.26. The van der Waals surface area contributed by atoms with Crippen molar-refractivity contribution in [2.75, 3.05) is 27.2 Å². The molecule has 0 unspecified atom stereocenters. The van der Waals surface area contributed by atoms with Crippen LogP contribution in [0.25, 0.3) is 0 Å². The van der Waals surface area contributed by atoms with Crippen LogP contribution in [0.3, 0.4) is 0 Å². The summed E-state index contributed by atoms with van der Waals surface area (Å²) in [6.45, 7) is 4.30. The highest BCUT2D eigenvalue weighted by molar-refractivity contribution is 5.85. The van der Waals surface area contributed by atoms with Gasteiger partial charge in [0.25, 0.3) is 0 Å². The Morgan fingerprint density at radius 1 is 1.36 bits per heavy atom. The highest BCUT2D eigenvalue weighted by Gasteiger charge is 2.11. The molecule has 0 saturated carbocycles. The van der Waals surface area contributed by atoms with Crippen LogP contribution in [0.2, 0.25) is 0 Å². The van der Waals surface area contributed by atoms with Crippen molar-refractivity contribution in [3.8, 4) is 0 Å². The Balaban J connectivity index is 3.82. The van der Waals surface area contributed by atoms with Gasteiger partial charge in [-0.25, -0.2) is 0 Å². The molecule has 0 rings (SSSR count). The van der Waals surface area contributed by atoms with Crippen LogP contribution in [0.1, 0.15) is 13.8 Å². The summed E-state index contributed by atoms with van der Waals surface area (Å²) in [5, 5.41) is 5.46. The summed E-state index contributed by atoms with van der Waals surface area (Å²) in [7, 11) is 3.16. The first kappa shape index (κ1) is 12.9. The van der Waals surface area contributed by atoms with Gasteiger partial charge in [-0.1, -0.05) is 13.8 Å². The first-order valence-corrected chi connectivity index (χ1v) is 4.65. The molecule has 82 valence electrons. The second kappa shape index (κ2) is 6.37. The number of hydrogen-bond donors (Lipinski definition) is 2. The van der Waals surface area contributed by atoms with Crippen LogP contribution in [0.4, 0.5) is 0 Å². The van der Waals surface area contributed by atoms with E-state index >= 15 is 0 Å². The lowest BCUT2D eigenvalue weighted by Gasteiger charge is -2.17. The summed E-state index contributed by atoms with van der Waals surface area (Å²) in [5.41, 5.74) is 0. The van der Waals surface area contributed by atoms with Gasteiger partial charge in [0, 0.05) is 20.1 Å². The van der Waals surface area contributed by atoms with E-state index in [1.54, 1.807) is 14.1 Å². The van der Waals surface area contributed by atoms with E-state index in [2.05, 4.69) is 10.6 Å². The predicted octanol–water partition coefficient (Wildman–Crippen LogP) is -0.811. The summed E-state index contributed by atoms with van der Waals surface area (Å²) in [4.78, 5) is 23.7. The Hall–Kier alpha value is -1.10. The van der Waals surface area contributed by atoms with Crippen molar-refractivity contribution in [2.24, 2.45) is 0 Å². The maximum Gasteiger partial charge on any atom is 0.239 e. The zero-order chi connectivity index (χ0) is 11.1. The third-order valence-corrected chi connectivity index (χ3v) is 1.75. The molecule has 0 radical (unpaired) electrons. The van der Waals surface area contributed by atoms with E-state index in [1.165, 1.54) is 4.90 Å². The average molecular weight is 201 g/mol. The Morgan fingerprint density at radius 2 is 1.93 bits per heavy atom. The fourth-order valence-electron chi connectivity index (χ4n) is 0.809. The number of rotatable bonds is 5. The van der Waals surface area contributed by atoms with Gasteiger partial charge in [0.2, 0.25) is 11.8 Å². The lowest BCUT2D eigenvalue weighted by Crippen LogP contribution is -2.42. The van der Waals surface area contributed by atoms with E-state index in [1.807, 2.05) is 13.8 Å². The van der Waals surface area contributed by atoms with Crippen molar-refractivity contribution in [3.63, 3.8) is 0 Å². The van der Waals surface area contributed by atoms with Gasteiger partial charge >= 0.3 is 0 Å². The normalized spacial score (nSPS) is 10.1. The standard InChI is InChI=1S/C9H19N3O2/c1-7(2)11-5-9(14)12(4)6-8(13)10-3/h7,11H,5-6H2,1-4H3,(H,10,13). The maximum atomic E-state index is 11.4. The van der Waals surface area contributed by atoms with Crippen molar-refractivity contribution in [1.29, 1.82) is 0 Å². The Bertz CT molecular complexity index is 204. The molecule has 0 atom stereocenters. The largest absolute Gasteiger partial charge is 0.358 e. The minimum absolute atomic E-state index is 0.0812. The van der Waals surface area contributed by atoms with E-state index in [9.17, 15) is 9.59 Å². The summed E-state index contributed by atoms with van der Waals surface area (Å²) < 4.78 is 0. The monoisotopic (exact) mass is 201 g/mol. The van der Waals surface area contributed by atoms with E-state index in [0.29, 0.717) is 0 Å². The topological polar surface area (TPSA) is 61.4 Å². The molecular weight excluding hydrogens is 182 g/mol. The Morgan fingerprint density at radius 3 is 2.36 bits per heavy atom. The molecule has 0 aromatic carbocycles. The van der Waals surface area contributed by atoms with E-state index < -0.39 is 0 Å². The molecule has 5 nitrogen and oxygen atoms in total. The molecular formula is C9H19N3O2. The average Bonchev–Trinajstić information content (AvgIpc) is 2.13. The van der Waals surface area contributed by atoms with Gasteiger partial charge in [0.05, 0.1) is 13.1 Å². The van der Waals surface area contributed by atoms with Crippen molar-refractivity contribution in [1.82, 2.24) is 15.5 Å². The van der Waals surface area contributed by atoms with E-state index in [0.717, 1.165) is 0 Å². The third-order valence-electron chi connectivity index (χ3n) is 1.75. The van der Waals surface area contributed by atoms with Crippen LogP contribution in [-0.4, -0.2) is 49.9 Å². The van der Waals surface area contributed by atoms with Gasteiger partial charge in [0.15, 0.2) is 0 Å². The molecule has 5 heteroatoms. The van der Waals surface area contributed by atoms with E-state index in [4.69, 9.17) is 0 Å². The fraction of sp³-hybridized carbons (Fsp3) is 0.778. The summed E-state index contributed by atoms with van der Waals surface area (Å²) in [6.07, 6.45) is 0. The molecule has 0 fully saturated rings. The smallest absolute Gasteiger partial charge is 0.239 e. The molecule has 0 aromatic rings. The second-order valence-corrected chi connectivity index (χ2v) is 3.46. The molecule has 0 spiro atoms. The Kier molecular flexibility index (Phi) is 5.87. The van der Waals surface area contributed by atoms with Gasteiger partial charge in [-0.3, -0.25) is 9.59 Å². The molecule has 2 amide bonds. The highest BCUT2D eigenvalue weighted by atomic mass is 16.2. The molecule has 0 heterocycles. The number of hydrogen-bond acceptors (Lipinski definition) is 3. The molecule has 0 aromatic heterocycles. The zero-order valence-corrected chi connectivity index (χ0v) is 9.26. The summed E-state index contributed by atoms with van der Waals surface area (Å²) >= 11 is 0. The molecule has 0 bridgehead atoms. The fourth-order valence-corrected chi connectivity index (χ4v) is 0.809. The number of carbonyl (C=O) groups excluding carboxylic acids is 2. The minimum atomic E-state index is -0.162. The van der Waals surface area contributed by atoms with Gasteiger partial charge in [-0.15, -0.1) is 0 Å².